The summed E-state index contributed by atoms with van der Waals surface area (Å²) in [7, 11) is 0. The summed E-state index contributed by atoms with van der Waals surface area (Å²) >= 11 is 0. The minimum Gasteiger partial charge on any atom is -0.507 e. The van der Waals surface area contributed by atoms with E-state index < -0.39 is 5.60 Å². The second kappa shape index (κ2) is 4.44. The number of phenols is 1. The molecule has 0 aliphatic carbocycles. The fourth-order valence-electron chi connectivity index (χ4n) is 2.78. The SMILES string of the molecule is Cc1c(C)c2c(c(C)c1O)[C@H](COC=O)C(C)(C)O2. The average Bonchev–Trinajstić information content (AvgIpc) is 2.63. The number of rotatable bonds is 3. The Balaban J connectivity index is 2.61. The van der Waals surface area contributed by atoms with E-state index in [2.05, 4.69) is 0 Å². The summed E-state index contributed by atoms with van der Waals surface area (Å²) in [5.41, 5.74) is 3.08. The van der Waals surface area contributed by atoms with Crippen LogP contribution in [0.2, 0.25) is 0 Å². The Bertz CT molecular complexity index is 532. The second-order valence-corrected chi connectivity index (χ2v) is 5.65. The molecule has 0 aromatic heterocycles. The summed E-state index contributed by atoms with van der Waals surface area (Å²) < 4.78 is 11.0. The lowest BCUT2D eigenvalue weighted by Gasteiger charge is -2.25. The van der Waals surface area contributed by atoms with Gasteiger partial charge in [-0.1, -0.05) is 0 Å². The van der Waals surface area contributed by atoms with Gasteiger partial charge in [0.1, 0.15) is 23.7 Å². The van der Waals surface area contributed by atoms with E-state index in [4.69, 9.17) is 9.47 Å². The largest absolute Gasteiger partial charge is 0.507 e. The third-order valence-electron chi connectivity index (χ3n) is 4.15. The summed E-state index contributed by atoms with van der Waals surface area (Å²) in [6.45, 7) is 10.3. The van der Waals surface area contributed by atoms with Gasteiger partial charge in [-0.05, 0) is 51.3 Å². The molecule has 2 rings (SSSR count). The molecule has 1 aliphatic heterocycles. The highest BCUT2D eigenvalue weighted by molar-refractivity contribution is 5.61. The molecule has 1 aromatic rings. The Hall–Kier alpha value is -1.71. The fourth-order valence-corrected chi connectivity index (χ4v) is 2.78. The highest BCUT2D eigenvalue weighted by atomic mass is 16.5. The minimum absolute atomic E-state index is 0.0714. The van der Waals surface area contributed by atoms with Crippen LogP contribution in [-0.4, -0.2) is 23.8 Å². The lowest BCUT2D eigenvalue weighted by Crippen LogP contribution is -2.33. The predicted molar refractivity (Wildman–Crippen MR) is 71.8 cm³/mol. The molecule has 0 unspecified atom stereocenters. The first-order valence-corrected chi connectivity index (χ1v) is 6.38. The van der Waals surface area contributed by atoms with Gasteiger partial charge in [0.2, 0.25) is 0 Å². The fraction of sp³-hybridized carbons (Fsp3) is 0.533. The van der Waals surface area contributed by atoms with E-state index in [1.54, 1.807) is 0 Å². The number of carbonyl (C=O) groups excluding carboxylic acids is 1. The molecule has 1 aliphatic rings. The highest BCUT2D eigenvalue weighted by Crippen LogP contribution is 2.51. The molecule has 4 nitrogen and oxygen atoms in total. The summed E-state index contributed by atoms with van der Waals surface area (Å²) in [6.07, 6.45) is 0. The molecule has 1 aromatic carbocycles. The molecule has 0 spiro atoms. The van der Waals surface area contributed by atoms with Crippen molar-refractivity contribution in [2.24, 2.45) is 0 Å². The quantitative estimate of drug-likeness (QED) is 0.853. The Morgan fingerprint density at radius 1 is 1.26 bits per heavy atom. The number of hydrogen-bond donors (Lipinski definition) is 1. The maximum absolute atomic E-state index is 10.4. The third kappa shape index (κ3) is 1.95. The van der Waals surface area contributed by atoms with Crippen molar-refractivity contribution in [3.05, 3.63) is 22.3 Å². The van der Waals surface area contributed by atoms with Crippen molar-refractivity contribution in [3.63, 3.8) is 0 Å². The van der Waals surface area contributed by atoms with E-state index in [0.717, 1.165) is 28.0 Å². The first kappa shape index (κ1) is 13.7. The molecule has 0 saturated carbocycles. The Morgan fingerprint density at radius 3 is 2.47 bits per heavy atom. The molecule has 0 fully saturated rings. The minimum atomic E-state index is -0.457. The molecule has 1 heterocycles. The van der Waals surface area contributed by atoms with Gasteiger partial charge in [0, 0.05) is 5.56 Å². The third-order valence-corrected chi connectivity index (χ3v) is 4.15. The van der Waals surface area contributed by atoms with Crippen LogP contribution in [0.15, 0.2) is 0 Å². The molecule has 0 radical (unpaired) electrons. The maximum Gasteiger partial charge on any atom is 0.293 e. The Labute approximate surface area is 113 Å². The molecule has 104 valence electrons. The molecule has 0 amide bonds. The molecule has 0 saturated heterocycles. The van der Waals surface area contributed by atoms with Crippen LogP contribution in [0.1, 0.15) is 42.0 Å². The zero-order valence-electron chi connectivity index (χ0n) is 12.0. The van der Waals surface area contributed by atoms with Crippen molar-refractivity contribution < 1.29 is 19.4 Å². The standard InChI is InChI=1S/C15H20O4/c1-8-9(2)14-12(10(3)13(8)17)11(6-18-7-16)15(4,5)19-14/h7,11,17H,6H2,1-5H3/t11-/m0/s1. The van der Waals surface area contributed by atoms with E-state index in [9.17, 15) is 9.90 Å². The van der Waals surface area contributed by atoms with Crippen LogP contribution in [0.4, 0.5) is 0 Å². The van der Waals surface area contributed by atoms with Crippen molar-refractivity contribution >= 4 is 6.47 Å². The van der Waals surface area contributed by atoms with Crippen LogP contribution in [0, 0.1) is 20.8 Å². The first-order valence-electron chi connectivity index (χ1n) is 6.38. The number of phenolic OH excluding ortho intramolecular Hbond substituents is 1. The van der Waals surface area contributed by atoms with Gasteiger partial charge in [-0.25, -0.2) is 0 Å². The number of ether oxygens (including phenoxy) is 2. The van der Waals surface area contributed by atoms with E-state index in [1.165, 1.54) is 0 Å². The molecular weight excluding hydrogens is 244 g/mol. The summed E-state index contributed by atoms with van der Waals surface area (Å²) in [5.74, 6) is 1.05. The van der Waals surface area contributed by atoms with Gasteiger partial charge in [-0.3, -0.25) is 4.79 Å². The van der Waals surface area contributed by atoms with Crippen LogP contribution in [0.3, 0.4) is 0 Å². The number of benzene rings is 1. The van der Waals surface area contributed by atoms with Gasteiger partial charge in [-0.2, -0.15) is 0 Å². The van der Waals surface area contributed by atoms with Crippen molar-refractivity contribution in [2.75, 3.05) is 6.61 Å². The number of carbonyl (C=O) groups is 1. The van der Waals surface area contributed by atoms with Crippen LogP contribution < -0.4 is 4.74 Å². The lowest BCUT2D eigenvalue weighted by atomic mass is 9.83. The van der Waals surface area contributed by atoms with E-state index in [-0.39, 0.29) is 12.5 Å². The molecule has 4 heteroatoms. The monoisotopic (exact) mass is 264 g/mol. The number of aromatic hydroxyl groups is 1. The summed E-state index contributed by atoms with van der Waals surface area (Å²) in [6, 6.07) is 0. The van der Waals surface area contributed by atoms with Gasteiger partial charge in [0.05, 0.1) is 5.92 Å². The van der Waals surface area contributed by atoms with E-state index in [0.29, 0.717) is 12.2 Å². The van der Waals surface area contributed by atoms with Crippen LogP contribution >= 0.6 is 0 Å². The van der Waals surface area contributed by atoms with E-state index >= 15 is 0 Å². The smallest absolute Gasteiger partial charge is 0.293 e. The van der Waals surface area contributed by atoms with Crippen molar-refractivity contribution in [1.82, 2.24) is 0 Å². The van der Waals surface area contributed by atoms with Gasteiger partial charge in [0.25, 0.3) is 6.47 Å². The summed E-state index contributed by atoms with van der Waals surface area (Å²) in [4.78, 5) is 10.4. The van der Waals surface area contributed by atoms with Crippen LogP contribution in [0.5, 0.6) is 11.5 Å². The molecule has 1 N–H and O–H groups in total. The molecule has 19 heavy (non-hydrogen) atoms. The van der Waals surface area contributed by atoms with Gasteiger partial charge >= 0.3 is 0 Å². The number of fused-ring (bicyclic) bond motifs is 1. The van der Waals surface area contributed by atoms with Gasteiger partial charge in [0.15, 0.2) is 0 Å². The zero-order chi connectivity index (χ0) is 14.4. The van der Waals surface area contributed by atoms with Crippen LogP contribution in [0.25, 0.3) is 0 Å². The maximum atomic E-state index is 10.4. The van der Waals surface area contributed by atoms with Crippen molar-refractivity contribution in [2.45, 2.75) is 46.1 Å². The zero-order valence-corrected chi connectivity index (χ0v) is 12.0. The molecule has 0 bridgehead atoms. The summed E-state index contributed by atoms with van der Waals surface area (Å²) in [5, 5.41) is 10.2. The first-order chi connectivity index (χ1) is 8.81. The lowest BCUT2D eigenvalue weighted by molar-refractivity contribution is -0.130. The number of hydrogen-bond acceptors (Lipinski definition) is 4. The molecule has 1 atom stereocenters. The van der Waals surface area contributed by atoms with Gasteiger partial charge in [-0.15, -0.1) is 0 Å². The Morgan fingerprint density at radius 2 is 1.89 bits per heavy atom. The normalized spacial score (nSPS) is 19.7. The Kier molecular flexibility index (Phi) is 3.20. The predicted octanol–water partition coefficient (Wildman–Crippen LogP) is 2.75. The van der Waals surface area contributed by atoms with Crippen LogP contribution in [-0.2, 0) is 9.53 Å². The second-order valence-electron chi connectivity index (χ2n) is 5.65. The van der Waals surface area contributed by atoms with Crippen molar-refractivity contribution in [1.29, 1.82) is 0 Å². The van der Waals surface area contributed by atoms with E-state index in [1.807, 2.05) is 34.6 Å². The van der Waals surface area contributed by atoms with Gasteiger partial charge < -0.3 is 14.6 Å². The van der Waals surface area contributed by atoms with Crippen molar-refractivity contribution in [3.8, 4) is 11.5 Å². The highest BCUT2D eigenvalue weighted by Gasteiger charge is 2.44. The molecular formula is C15H20O4. The topological polar surface area (TPSA) is 55.8 Å². The average molecular weight is 264 g/mol.